The smallest absolute Gasteiger partial charge is 0.259 e. The Morgan fingerprint density at radius 1 is 1.04 bits per heavy atom. The Morgan fingerprint density at radius 3 is 2.50 bits per heavy atom. The molecule has 0 unspecified atom stereocenters. The minimum absolute atomic E-state index is 0.0154. The van der Waals surface area contributed by atoms with Gasteiger partial charge in [-0.05, 0) is 53.1 Å². The second-order valence-corrected chi connectivity index (χ2v) is 6.43. The monoisotopic (exact) mass is 346 g/mol. The Labute approximate surface area is 150 Å². The highest BCUT2D eigenvalue weighted by Gasteiger charge is 2.22. The van der Waals surface area contributed by atoms with E-state index in [1.807, 2.05) is 36.4 Å². The Hall–Kier alpha value is -3.34. The van der Waals surface area contributed by atoms with Crippen molar-refractivity contribution in [2.45, 2.75) is 13.3 Å². The van der Waals surface area contributed by atoms with Crippen molar-refractivity contribution in [3.8, 4) is 5.75 Å². The maximum absolute atomic E-state index is 12.6. The minimum Gasteiger partial charge on any atom is -0.507 e. The molecule has 0 spiro atoms. The zero-order chi connectivity index (χ0) is 18.3. The zero-order valence-corrected chi connectivity index (χ0v) is 14.3. The van der Waals surface area contributed by atoms with E-state index in [2.05, 4.69) is 5.32 Å². The molecule has 1 aliphatic rings. The molecule has 3 aromatic rings. The van der Waals surface area contributed by atoms with Crippen molar-refractivity contribution in [2.24, 2.45) is 0 Å². The van der Waals surface area contributed by atoms with E-state index >= 15 is 0 Å². The number of benzene rings is 3. The van der Waals surface area contributed by atoms with Crippen LogP contribution in [0.2, 0.25) is 0 Å². The summed E-state index contributed by atoms with van der Waals surface area (Å²) in [7, 11) is 0. The highest BCUT2D eigenvalue weighted by atomic mass is 16.3. The normalized spacial score (nSPS) is 12.9. The van der Waals surface area contributed by atoms with Crippen LogP contribution in [0.4, 0.5) is 11.4 Å². The molecule has 2 N–H and O–H groups in total. The molecule has 26 heavy (non-hydrogen) atoms. The van der Waals surface area contributed by atoms with E-state index in [0.29, 0.717) is 12.2 Å². The summed E-state index contributed by atoms with van der Waals surface area (Å²) in [6.45, 7) is 2.21. The number of carbonyl (C=O) groups excluding carboxylic acids is 2. The second-order valence-electron chi connectivity index (χ2n) is 6.43. The lowest BCUT2D eigenvalue weighted by Crippen LogP contribution is -2.25. The molecular weight excluding hydrogens is 328 g/mol. The molecule has 0 fully saturated rings. The van der Waals surface area contributed by atoms with Gasteiger partial charge in [-0.2, -0.15) is 0 Å². The van der Waals surface area contributed by atoms with Gasteiger partial charge in [-0.25, -0.2) is 0 Å². The highest BCUT2D eigenvalue weighted by Crippen LogP contribution is 2.31. The van der Waals surface area contributed by atoms with Gasteiger partial charge in [0.1, 0.15) is 5.75 Å². The highest BCUT2D eigenvalue weighted by molar-refractivity contribution is 6.08. The summed E-state index contributed by atoms with van der Waals surface area (Å²) in [4.78, 5) is 26.0. The molecule has 0 saturated heterocycles. The summed E-state index contributed by atoms with van der Waals surface area (Å²) in [5.41, 5.74) is 2.80. The van der Waals surface area contributed by atoms with Crippen LogP contribution < -0.4 is 10.2 Å². The van der Waals surface area contributed by atoms with Crippen molar-refractivity contribution < 1.29 is 14.7 Å². The maximum Gasteiger partial charge on any atom is 0.259 e. The van der Waals surface area contributed by atoms with Crippen molar-refractivity contribution >= 4 is 34.0 Å². The van der Waals surface area contributed by atoms with E-state index in [1.54, 1.807) is 30.0 Å². The number of rotatable bonds is 2. The molecule has 2 amide bonds. The zero-order valence-electron chi connectivity index (χ0n) is 14.3. The molecule has 0 aromatic heterocycles. The first-order chi connectivity index (χ1) is 12.5. The molecule has 4 rings (SSSR count). The first-order valence-corrected chi connectivity index (χ1v) is 8.47. The van der Waals surface area contributed by atoms with Gasteiger partial charge < -0.3 is 15.3 Å². The van der Waals surface area contributed by atoms with Crippen LogP contribution in [0.1, 0.15) is 22.8 Å². The molecule has 5 heteroatoms. The van der Waals surface area contributed by atoms with Crippen LogP contribution in [0.3, 0.4) is 0 Å². The third kappa shape index (κ3) is 2.77. The van der Waals surface area contributed by atoms with Gasteiger partial charge in [0.05, 0.1) is 5.56 Å². The quantitative estimate of drug-likeness (QED) is 0.743. The summed E-state index contributed by atoms with van der Waals surface area (Å²) < 4.78 is 0. The van der Waals surface area contributed by atoms with Gasteiger partial charge in [-0.1, -0.05) is 24.3 Å². The lowest BCUT2D eigenvalue weighted by molar-refractivity contribution is -0.116. The third-order valence-corrected chi connectivity index (χ3v) is 4.72. The summed E-state index contributed by atoms with van der Waals surface area (Å²) in [5, 5.41) is 14.8. The minimum atomic E-state index is -0.366. The van der Waals surface area contributed by atoms with Gasteiger partial charge in [0.25, 0.3) is 5.91 Å². The molecule has 1 aliphatic heterocycles. The van der Waals surface area contributed by atoms with E-state index in [4.69, 9.17) is 0 Å². The van der Waals surface area contributed by atoms with Crippen LogP contribution in [0.15, 0.2) is 54.6 Å². The predicted molar refractivity (Wildman–Crippen MR) is 102 cm³/mol. The molecule has 1 heterocycles. The lowest BCUT2D eigenvalue weighted by atomic mass is 10.1. The Kier molecular flexibility index (Phi) is 3.84. The third-order valence-electron chi connectivity index (χ3n) is 4.72. The fraction of sp³-hybridized carbons (Fsp3) is 0.143. The molecule has 130 valence electrons. The Balaban J connectivity index is 1.61. The SMILES string of the molecule is CC(=O)N1CCc2cc(NC(=O)c3cc4ccccc4cc3O)ccc21. The Bertz CT molecular complexity index is 1040. The van der Waals surface area contributed by atoms with Crippen molar-refractivity contribution in [1.82, 2.24) is 0 Å². The van der Waals surface area contributed by atoms with Crippen LogP contribution >= 0.6 is 0 Å². The fourth-order valence-corrected chi connectivity index (χ4v) is 3.42. The van der Waals surface area contributed by atoms with Crippen molar-refractivity contribution in [1.29, 1.82) is 0 Å². The number of phenolic OH excluding ortho intramolecular Hbond substituents is 1. The molecule has 0 radical (unpaired) electrons. The van der Waals surface area contributed by atoms with Crippen LogP contribution in [0.5, 0.6) is 5.75 Å². The molecule has 0 bridgehead atoms. The molecular formula is C21H18N2O3. The summed E-state index contributed by atoms with van der Waals surface area (Å²) in [6, 6.07) is 16.3. The molecule has 3 aromatic carbocycles. The van der Waals surface area contributed by atoms with Crippen molar-refractivity contribution in [3.05, 3.63) is 65.7 Å². The number of nitrogens with one attached hydrogen (secondary N) is 1. The maximum atomic E-state index is 12.6. The van der Waals surface area contributed by atoms with Gasteiger partial charge in [-0.15, -0.1) is 0 Å². The average molecular weight is 346 g/mol. The van der Waals surface area contributed by atoms with Crippen LogP contribution in [0, 0.1) is 0 Å². The first kappa shape index (κ1) is 16.1. The first-order valence-electron chi connectivity index (χ1n) is 8.47. The number of aromatic hydroxyl groups is 1. The molecule has 0 atom stereocenters. The largest absolute Gasteiger partial charge is 0.507 e. The number of phenols is 1. The molecule has 0 aliphatic carbocycles. The topological polar surface area (TPSA) is 69.6 Å². The number of nitrogens with zero attached hydrogens (tertiary/aromatic N) is 1. The van der Waals surface area contributed by atoms with E-state index in [1.165, 1.54) is 0 Å². The van der Waals surface area contributed by atoms with E-state index < -0.39 is 0 Å². The van der Waals surface area contributed by atoms with Crippen molar-refractivity contribution in [2.75, 3.05) is 16.8 Å². The lowest BCUT2D eigenvalue weighted by Gasteiger charge is -2.15. The van der Waals surface area contributed by atoms with Crippen LogP contribution in [0.25, 0.3) is 10.8 Å². The molecule has 0 saturated carbocycles. The number of carbonyl (C=O) groups is 2. The summed E-state index contributed by atoms with van der Waals surface area (Å²) in [6.07, 6.45) is 0.764. The number of hydrogen-bond acceptors (Lipinski definition) is 3. The Morgan fingerprint density at radius 2 is 1.77 bits per heavy atom. The van der Waals surface area contributed by atoms with E-state index in [0.717, 1.165) is 28.4 Å². The van der Waals surface area contributed by atoms with Gasteiger partial charge in [0.2, 0.25) is 5.91 Å². The number of amides is 2. The standard InChI is InChI=1S/C21H18N2O3/c1-13(24)23-9-8-16-10-17(6-7-19(16)23)22-21(26)18-11-14-4-2-3-5-15(14)12-20(18)25/h2-7,10-12,25H,8-9H2,1H3,(H,22,26). The van der Waals surface area contributed by atoms with E-state index in [9.17, 15) is 14.7 Å². The van der Waals surface area contributed by atoms with Crippen LogP contribution in [-0.4, -0.2) is 23.5 Å². The second kappa shape index (κ2) is 6.19. The fourth-order valence-electron chi connectivity index (χ4n) is 3.42. The van der Waals surface area contributed by atoms with Crippen molar-refractivity contribution in [3.63, 3.8) is 0 Å². The van der Waals surface area contributed by atoms with Gasteiger partial charge in [-0.3, -0.25) is 9.59 Å². The number of hydrogen-bond donors (Lipinski definition) is 2. The molecule has 5 nitrogen and oxygen atoms in total. The van der Waals surface area contributed by atoms with Gasteiger partial charge in [0, 0.05) is 24.8 Å². The van der Waals surface area contributed by atoms with Gasteiger partial charge in [0.15, 0.2) is 0 Å². The van der Waals surface area contributed by atoms with E-state index in [-0.39, 0.29) is 23.1 Å². The summed E-state index contributed by atoms with van der Waals surface area (Å²) >= 11 is 0. The predicted octanol–water partition coefficient (Wildman–Crippen LogP) is 3.71. The van der Waals surface area contributed by atoms with Gasteiger partial charge >= 0.3 is 0 Å². The number of fused-ring (bicyclic) bond motifs is 2. The van der Waals surface area contributed by atoms with Crippen LogP contribution in [-0.2, 0) is 11.2 Å². The summed E-state index contributed by atoms with van der Waals surface area (Å²) in [5.74, 6) is -0.402. The number of anilines is 2. The average Bonchev–Trinajstić information content (AvgIpc) is 3.04.